The highest BCUT2D eigenvalue weighted by Gasteiger charge is 2.30. The van der Waals surface area contributed by atoms with Crippen LogP contribution in [-0.2, 0) is 11.2 Å². The van der Waals surface area contributed by atoms with Crippen LogP contribution >= 0.6 is 0 Å². The number of hydrogen-bond acceptors (Lipinski definition) is 2. The van der Waals surface area contributed by atoms with Gasteiger partial charge >= 0.3 is 0 Å². The summed E-state index contributed by atoms with van der Waals surface area (Å²) in [6.45, 7) is 2.54. The first kappa shape index (κ1) is 14.1. The van der Waals surface area contributed by atoms with Crippen molar-refractivity contribution in [1.29, 1.82) is 0 Å². The summed E-state index contributed by atoms with van der Waals surface area (Å²) in [5.74, 6) is 0.537. The van der Waals surface area contributed by atoms with E-state index in [0.717, 1.165) is 19.3 Å². The predicted octanol–water partition coefficient (Wildman–Crippen LogP) is 2.16. The Labute approximate surface area is 115 Å². The minimum Gasteiger partial charge on any atom is -0.391 e. The van der Waals surface area contributed by atoms with E-state index in [1.807, 2.05) is 12.1 Å². The molecule has 3 heteroatoms. The average molecular weight is 261 g/mol. The number of aliphatic hydroxyl groups is 1. The summed E-state index contributed by atoms with van der Waals surface area (Å²) < 4.78 is 0. The molecule has 0 bridgehead atoms. The Bertz CT molecular complexity index is 440. The molecule has 0 aliphatic heterocycles. The molecule has 0 radical (unpaired) electrons. The number of nitrogens with zero attached hydrogens (tertiary/aromatic N) is 1. The second-order valence-electron chi connectivity index (χ2n) is 5.61. The molecule has 0 heterocycles. The van der Waals surface area contributed by atoms with Crippen LogP contribution < -0.4 is 0 Å². The number of aryl methyl sites for hydroxylation is 2. The zero-order valence-electron chi connectivity index (χ0n) is 11.8. The van der Waals surface area contributed by atoms with Gasteiger partial charge in [0.1, 0.15) is 0 Å². The summed E-state index contributed by atoms with van der Waals surface area (Å²) in [6, 6.07) is 8.16. The molecule has 1 saturated carbocycles. The van der Waals surface area contributed by atoms with Crippen molar-refractivity contribution in [3.8, 4) is 0 Å². The van der Waals surface area contributed by atoms with Gasteiger partial charge in [0, 0.05) is 20.0 Å². The van der Waals surface area contributed by atoms with Crippen LogP contribution in [0.3, 0.4) is 0 Å². The van der Waals surface area contributed by atoms with Crippen molar-refractivity contribution in [3.05, 3.63) is 35.4 Å². The molecule has 0 aromatic heterocycles. The summed E-state index contributed by atoms with van der Waals surface area (Å²) in [7, 11) is 1.78. The van der Waals surface area contributed by atoms with Gasteiger partial charge in [0.15, 0.2) is 0 Å². The Morgan fingerprint density at radius 1 is 1.42 bits per heavy atom. The number of amides is 1. The van der Waals surface area contributed by atoms with Crippen molar-refractivity contribution in [1.82, 2.24) is 4.90 Å². The van der Waals surface area contributed by atoms with Gasteiger partial charge in [-0.05, 0) is 43.2 Å². The fourth-order valence-electron chi connectivity index (χ4n) is 2.34. The van der Waals surface area contributed by atoms with Crippen LogP contribution in [0.5, 0.6) is 0 Å². The Kier molecular flexibility index (Phi) is 4.59. The molecule has 1 aromatic carbocycles. The first-order valence-corrected chi connectivity index (χ1v) is 7.04. The molecule has 1 atom stereocenters. The van der Waals surface area contributed by atoms with Crippen LogP contribution in [0.15, 0.2) is 24.3 Å². The molecule has 1 fully saturated rings. The van der Waals surface area contributed by atoms with E-state index in [0.29, 0.717) is 18.9 Å². The summed E-state index contributed by atoms with van der Waals surface area (Å²) >= 11 is 0. The maximum atomic E-state index is 12.0. The van der Waals surface area contributed by atoms with E-state index in [1.165, 1.54) is 11.1 Å². The molecule has 1 unspecified atom stereocenters. The minimum absolute atomic E-state index is 0.114. The van der Waals surface area contributed by atoms with Gasteiger partial charge < -0.3 is 10.0 Å². The maximum Gasteiger partial charge on any atom is 0.222 e. The second-order valence-corrected chi connectivity index (χ2v) is 5.61. The first-order valence-electron chi connectivity index (χ1n) is 7.04. The van der Waals surface area contributed by atoms with Crippen molar-refractivity contribution in [3.63, 3.8) is 0 Å². The smallest absolute Gasteiger partial charge is 0.222 e. The molecule has 2 rings (SSSR count). The lowest BCUT2D eigenvalue weighted by Gasteiger charge is -2.21. The number of carbonyl (C=O) groups is 1. The van der Waals surface area contributed by atoms with Gasteiger partial charge in [-0.3, -0.25) is 4.79 Å². The quantitative estimate of drug-likeness (QED) is 0.852. The number of rotatable bonds is 6. The summed E-state index contributed by atoms with van der Waals surface area (Å²) in [6.07, 6.45) is 3.15. The van der Waals surface area contributed by atoms with E-state index in [4.69, 9.17) is 0 Å². The average Bonchev–Trinajstić information content (AvgIpc) is 3.21. The molecule has 1 aromatic rings. The first-order chi connectivity index (χ1) is 9.08. The molecular weight excluding hydrogens is 238 g/mol. The molecule has 1 amide bonds. The highest BCUT2D eigenvalue weighted by atomic mass is 16.3. The highest BCUT2D eigenvalue weighted by Crippen LogP contribution is 2.32. The lowest BCUT2D eigenvalue weighted by atomic mass is 10.0. The van der Waals surface area contributed by atoms with E-state index < -0.39 is 0 Å². The molecule has 1 aliphatic rings. The topological polar surface area (TPSA) is 40.5 Å². The van der Waals surface area contributed by atoms with E-state index in [2.05, 4.69) is 19.1 Å². The van der Waals surface area contributed by atoms with Crippen molar-refractivity contribution >= 4 is 5.91 Å². The lowest BCUT2D eigenvalue weighted by molar-refractivity contribution is -0.131. The third kappa shape index (κ3) is 4.06. The van der Waals surface area contributed by atoms with Gasteiger partial charge in [0.2, 0.25) is 5.91 Å². The van der Waals surface area contributed by atoms with Gasteiger partial charge in [0.05, 0.1) is 6.10 Å². The van der Waals surface area contributed by atoms with Crippen LogP contribution in [0.25, 0.3) is 0 Å². The van der Waals surface area contributed by atoms with E-state index in [9.17, 15) is 9.90 Å². The van der Waals surface area contributed by atoms with Crippen LogP contribution in [0, 0.1) is 12.8 Å². The van der Waals surface area contributed by atoms with Gasteiger partial charge in [-0.25, -0.2) is 0 Å². The number of benzene rings is 1. The monoisotopic (exact) mass is 261 g/mol. The molecule has 19 heavy (non-hydrogen) atoms. The minimum atomic E-state index is -0.340. The Morgan fingerprint density at radius 2 is 2.11 bits per heavy atom. The van der Waals surface area contributed by atoms with Crippen LogP contribution in [0.2, 0.25) is 0 Å². The van der Waals surface area contributed by atoms with Gasteiger partial charge in [-0.2, -0.15) is 0 Å². The molecule has 1 N–H and O–H groups in total. The standard InChI is InChI=1S/C16H23NO2/c1-12-5-3-4-6-13(12)9-10-16(19)17(2)11-15(18)14-7-8-14/h3-6,14-15,18H,7-11H2,1-2H3. The fraction of sp³-hybridized carbons (Fsp3) is 0.562. The van der Waals surface area contributed by atoms with Crippen LogP contribution in [0.1, 0.15) is 30.4 Å². The number of hydrogen-bond donors (Lipinski definition) is 1. The molecular formula is C16H23NO2. The molecule has 0 saturated heterocycles. The van der Waals surface area contributed by atoms with E-state index >= 15 is 0 Å². The molecule has 3 nitrogen and oxygen atoms in total. The van der Waals surface area contributed by atoms with Gasteiger partial charge in [-0.15, -0.1) is 0 Å². The van der Waals surface area contributed by atoms with Gasteiger partial charge in [-0.1, -0.05) is 24.3 Å². The molecule has 104 valence electrons. The van der Waals surface area contributed by atoms with Crippen LogP contribution in [0.4, 0.5) is 0 Å². The van der Waals surface area contributed by atoms with Crippen LogP contribution in [-0.4, -0.2) is 35.6 Å². The third-order valence-corrected chi connectivity index (χ3v) is 3.92. The van der Waals surface area contributed by atoms with Crippen molar-refractivity contribution in [2.24, 2.45) is 5.92 Å². The maximum absolute atomic E-state index is 12.0. The van der Waals surface area contributed by atoms with E-state index in [1.54, 1.807) is 11.9 Å². The summed E-state index contributed by atoms with van der Waals surface area (Å²) in [5.41, 5.74) is 2.46. The number of carbonyl (C=O) groups excluding carboxylic acids is 1. The predicted molar refractivity (Wildman–Crippen MR) is 75.9 cm³/mol. The highest BCUT2D eigenvalue weighted by molar-refractivity contribution is 5.76. The summed E-state index contributed by atoms with van der Waals surface area (Å²) in [4.78, 5) is 13.7. The SMILES string of the molecule is Cc1ccccc1CCC(=O)N(C)CC(O)C1CC1. The van der Waals surface area contributed by atoms with Crippen molar-refractivity contribution < 1.29 is 9.90 Å². The molecule has 0 spiro atoms. The fourth-order valence-corrected chi connectivity index (χ4v) is 2.34. The Balaban J connectivity index is 1.78. The lowest BCUT2D eigenvalue weighted by Crippen LogP contribution is -2.35. The van der Waals surface area contributed by atoms with Gasteiger partial charge in [0.25, 0.3) is 0 Å². The van der Waals surface area contributed by atoms with Crippen molar-refractivity contribution in [2.75, 3.05) is 13.6 Å². The third-order valence-electron chi connectivity index (χ3n) is 3.92. The Morgan fingerprint density at radius 3 is 2.74 bits per heavy atom. The number of likely N-dealkylation sites (N-methyl/N-ethyl adjacent to an activating group) is 1. The Hall–Kier alpha value is -1.35. The van der Waals surface area contributed by atoms with E-state index in [-0.39, 0.29) is 12.0 Å². The molecule has 1 aliphatic carbocycles. The van der Waals surface area contributed by atoms with Crippen molar-refractivity contribution in [2.45, 2.75) is 38.7 Å². The zero-order chi connectivity index (χ0) is 13.8. The zero-order valence-corrected chi connectivity index (χ0v) is 11.8. The second kappa shape index (κ2) is 6.20. The summed E-state index contributed by atoms with van der Waals surface area (Å²) in [5, 5.41) is 9.84. The largest absolute Gasteiger partial charge is 0.391 e. The number of aliphatic hydroxyl groups excluding tert-OH is 1. The normalized spacial score (nSPS) is 16.2.